The second kappa shape index (κ2) is 4.36. The number of alkyl halides is 3. The van der Waals surface area contributed by atoms with Gasteiger partial charge in [-0.1, -0.05) is 0 Å². The van der Waals surface area contributed by atoms with Gasteiger partial charge in [0.05, 0.1) is 11.3 Å². The van der Waals surface area contributed by atoms with Gasteiger partial charge in [-0.3, -0.25) is 0 Å². The van der Waals surface area contributed by atoms with Crippen molar-refractivity contribution in [3.05, 3.63) is 18.1 Å². The molecular weight excluding hydrogens is 269 g/mol. The number of hydrogen-bond donors (Lipinski definition) is 1. The quantitative estimate of drug-likeness (QED) is 0.875. The molecule has 0 saturated carbocycles. The minimum absolute atomic E-state index is 0.111. The Morgan fingerprint density at radius 1 is 1.35 bits per heavy atom. The summed E-state index contributed by atoms with van der Waals surface area (Å²) in [4.78, 5) is 13.3. The highest BCUT2D eigenvalue weighted by Crippen LogP contribution is 2.40. The van der Waals surface area contributed by atoms with Crippen molar-refractivity contribution in [2.45, 2.75) is 32.5 Å². The molecular formula is C13H15F3N4. The second-order valence-corrected chi connectivity index (χ2v) is 5.21. The summed E-state index contributed by atoms with van der Waals surface area (Å²) in [5.41, 5.74) is 0.662. The molecule has 2 atom stereocenters. The van der Waals surface area contributed by atoms with Crippen molar-refractivity contribution in [2.24, 2.45) is 5.92 Å². The maximum absolute atomic E-state index is 13.0. The summed E-state index contributed by atoms with van der Waals surface area (Å²) in [5.74, 6) is -0.155. The summed E-state index contributed by atoms with van der Waals surface area (Å²) >= 11 is 0. The summed E-state index contributed by atoms with van der Waals surface area (Å²) in [6, 6.07) is 1.19. The van der Waals surface area contributed by atoms with Gasteiger partial charge in [0.15, 0.2) is 0 Å². The van der Waals surface area contributed by atoms with Gasteiger partial charge in [-0.05, 0) is 26.3 Å². The molecule has 7 heteroatoms. The standard InChI is InChI=1S/C13H15F3N4/c1-7-10(13(14,15)16)4-6-20(7)12-9-3-5-17-11(9)18-8(2)19-12/h3,5,7,10H,4,6H2,1-2H3,(H,17,18,19). The van der Waals surface area contributed by atoms with Crippen LogP contribution in [0.4, 0.5) is 19.0 Å². The molecule has 1 N–H and O–H groups in total. The SMILES string of the molecule is Cc1nc(N2CCC(C(F)(F)F)C2C)c2cc[nH]c2n1. The normalized spacial score (nSPS) is 23.8. The van der Waals surface area contributed by atoms with Crippen LogP contribution >= 0.6 is 0 Å². The van der Waals surface area contributed by atoms with Gasteiger partial charge >= 0.3 is 6.18 Å². The molecule has 2 aromatic rings. The number of rotatable bonds is 1. The Labute approximate surface area is 114 Å². The van der Waals surface area contributed by atoms with Crippen LogP contribution in [0.5, 0.6) is 0 Å². The number of nitrogens with zero attached hydrogens (tertiary/aromatic N) is 3. The monoisotopic (exact) mass is 284 g/mol. The molecule has 3 heterocycles. The van der Waals surface area contributed by atoms with Crippen molar-refractivity contribution in [2.75, 3.05) is 11.4 Å². The van der Waals surface area contributed by atoms with Crippen molar-refractivity contribution in [3.63, 3.8) is 0 Å². The Bertz CT molecular complexity index is 634. The molecule has 2 aromatic heterocycles. The van der Waals surface area contributed by atoms with E-state index >= 15 is 0 Å². The second-order valence-electron chi connectivity index (χ2n) is 5.21. The fraction of sp³-hybridized carbons (Fsp3) is 0.538. The lowest BCUT2D eigenvalue weighted by Crippen LogP contribution is -2.36. The van der Waals surface area contributed by atoms with Gasteiger partial charge in [0, 0.05) is 18.8 Å². The smallest absolute Gasteiger partial charge is 0.353 e. The zero-order valence-corrected chi connectivity index (χ0v) is 11.2. The highest BCUT2D eigenvalue weighted by Gasteiger charge is 2.48. The largest absolute Gasteiger partial charge is 0.393 e. The van der Waals surface area contributed by atoms with Gasteiger partial charge in [0.1, 0.15) is 17.3 Å². The third-order valence-corrected chi connectivity index (χ3v) is 3.95. The van der Waals surface area contributed by atoms with E-state index in [0.717, 1.165) is 5.39 Å². The average Bonchev–Trinajstić information content (AvgIpc) is 2.93. The molecule has 1 aliphatic rings. The maximum Gasteiger partial charge on any atom is 0.393 e. The van der Waals surface area contributed by atoms with Crippen molar-refractivity contribution in [1.29, 1.82) is 0 Å². The van der Waals surface area contributed by atoms with E-state index in [-0.39, 0.29) is 6.42 Å². The Hall–Kier alpha value is -1.79. The predicted octanol–water partition coefficient (Wildman–Crippen LogP) is 3.04. The van der Waals surface area contributed by atoms with Crippen molar-refractivity contribution >= 4 is 16.9 Å². The first kappa shape index (κ1) is 13.2. The van der Waals surface area contributed by atoms with Crippen LogP contribution in [0.1, 0.15) is 19.2 Å². The topological polar surface area (TPSA) is 44.8 Å². The zero-order chi connectivity index (χ0) is 14.5. The van der Waals surface area contributed by atoms with Crippen molar-refractivity contribution in [1.82, 2.24) is 15.0 Å². The molecule has 0 aliphatic carbocycles. The number of aromatic amines is 1. The van der Waals surface area contributed by atoms with Crippen LogP contribution in [0.2, 0.25) is 0 Å². The predicted molar refractivity (Wildman–Crippen MR) is 69.6 cm³/mol. The average molecular weight is 284 g/mol. The van der Waals surface area contributed by atoms with Gasteiger partial charge in [-0.25, -0.2) is 9.97 Å². The summed E-state index contributed by atoms with van der Waals surface area (Å²) in [7, 11) is 0. The number of anilines is 1. The first-order chi connectivity index (χ1) is 9.38. The molecule has 4 nitrogen and oxygen atoms in total. The zero-order valence-electron chi connectivity index (χ0n) is 11.2. The summed E-state index contributed by atoms with van der Waals surface area (Å²) < 4.78 is 38.9. The van der Waals surface area contributed by atoms with Gasteiger partial charge in [0.25, 0.3) is 0 Å². The minimum Gasteiger partial charge on any atom is -0.353 e. The Morgan fingerprint density at radius 2 is 2.10 bits per heavy atom. The van der Waals surface area contributed by atoms with Crippen LogP contribution in [0.15, 0.2) is 12.3 Å². The molecule has 108 valence electrons. The van der Waals surface area contributed by atoms with E-state index in [0.29, 0.717) is 23.8 Å². The molecule has 20 heavy (non-hydrogen) atoms. The number of hydrogen-bond acceptors (Lipinski definition) is 3. The molecule has 3 rings (SSSR count). The van der Waals surface area contributed by atoms with E-state index in [2.05, 4.69) is 15.0 Å². The highest BCUT2D eigenvalue weighted by atomic mass is 19.4. The third kappa shape index (κ3) is 2.01. The van der Waals surface area contributed by atoms with Crippen molar-refractivity contribution < 1.29 is 13.2 Å². The minimum atomic E-state index is -4.16. The van der Waals surface area contributed by atoms with Crippen LogP contribution < -0.4 is 4.90 Å². The summed E-state index contributed by atoms with van der Waals surface area (Å²) in [6.45, 7) is 3.72. The Morgan fingerprint density at radius 3 is 2.75 bits per heavy atom. The van der Waals surface area contributed by atoms with E-state index in [1.807, 2.05) is 0 Å². The number of aryl methyl sites for hydroxylation is 1. The first-order valence-electron chi connectivity index (χ1n) is 6.53. The summed E-state index contributed by atoms with van der Waals surface area (Å²) in [5, 5.41) is 0.769. The molecule has 0 amide bonds. The lowest BCUT2D eigenvalue weighted by atomic mass is 10.0. The number of aromatic nitrogens is 3. The highest BCUT2D eigenvalue weighted by molar-refractivity contribution is 5.87. The van der Waals surface area contributed by atoms with Crippen LogP contribution in [0.25, 0.3) is 11.0 Å². The van der Waals surface area contributed by atoms with Crippen molar-refractivity contribution in [3.8, 4) is 0 Å². The number of nitrogens with one attached hydrogen (secondary N) is 1. The molecule has 1 saturated heterocycles. The van der Waals surface area contributed by atoms with Gasteiger partial charge in [-0.15, -0.1) is 0 Å². The molecule has 1 fully saturated rings. The van der Waals surface area contributed by atoms with Gasteiger partial charge in [-0.2, -0.15) is 13.2 Å². The Kier molecular flexibility index (Phi) is 2.88. The molecule has 0 spiro atoms. The molecule has 1 aliphatic heterocycles. The van der Waals surface area contributed by atoms with E-state index in [9.17, 15) is 13.2 Å². The van der Waals surface area contributed by atoms with Gasteiger partial charge < -0.3 is 9.88 Å². The molecule has 0 aromatic carbocycles. The number of halogens is 3. The van der Waals surface area contributed by atoms with E-state index < -0.39 is 18.1 Å². The molecule has 0 radical (unpaired) electrons. The van der Waals surface area contributed by atoms with E-state index in [1.165, 1.54) is 0 Å². The summed E-state index contributed by atoms with van der Waals surface area (Å²) in [6.07, 6.45) is -2.32. The van der Waals surface area contributed by atoms with Crippen LogP contribution in [0.3, 0.4) is 0 Å². The lowest BCUT2D eigenvalue weighted by molar-refractivity contribution is -0.174. The fourth-order valence-electron chi connectivity index (χ4n) is 2.93. The van der Waals surface area contributed by atoms with E-state index in [1.54, 1.807) is 31.0 Å². The van der Waals surface area contributed by atoms with Crippen LogP contribution in [-0.2, 0) is 0 Å². The van der Waals surface area contributed by atoms with Crippen LogP contribution in [0, 0.1) is 12.8 Å². The maximum atomic E-state index is 13.0. The fourth-order valence-corrected chi connectivity index (χ4v) is 2.93. The number of fused-ring (bicyclic) bond motifs is 1. The Balaban J connectivity index is 2.02. The third-order valence-electron chi connectivity index (χ3n) is 3.95. The number of H-pyrrole nitrogens is 1. The van der Waals surface area contributed by atoms with Crippen LogP contribution in [-0.4, -0.2) is 33.7 Å². The van der Waals surface area contributed by atoms with E-state index in [4.69, 9.17) is 0 Å². The molecule has 2 unspecified atom stereocenters. The first-order valence-corrected chi connectivity index (χ1v) is 6.53. The van der Waals surface area contributed by atoms with Gasteiger partial charge in [0.2, 0.25) is 0 Å². The lowest BCUT2D eigenvalue weighted by Gasteiger charge is -2.27. The molecule has 0 bridgehead atoms.